The molecule has 78 valence electrons. The molecule has 0 rings (SSSR count). The molecule has 0 saturated carbocycles. The molecule has 0 fully saturated rings. The number of rotatable bonds is 0. The Bertz CT molecular complexity index is 54.8. The summed E-state index contributed by atoms with van der Waals surface area (Å²) in [5, 5.41) is 0. The predicted octanol–water partition coefficient (Wildman–Crippen LogP) is -4.88. The topological polar surface area (TPSA) is 0 Å². The minimum absolute atomic E-state index is 0. The maximum Gasteiger partial charge on any atom is -0.00296 e. The lowest BCUT2D eigenvalue weighted by Crippen LogP contribution is -3.00. The Labute approximate surface area is 85.6 Å². The van der Waals surface area contributed by atoms with E-state index in [4.69, 9.17) is 34.8 Å². The lowest BCUT2D eigenvalue weighted by molar-refractivity contribution is -0.00100. The molecule has 0 bridgehead atoms. The predicted molar refractivity (Wildman–Crippen MR) is 48.2 cm³/mol. The van der Waals surface area contributed by atoms with Crippen molar-refractivity contribution in [2.45, 2.75) is 0 Å². The molecule has 0 aliphatic rings. The van der Waals surface area contributed by atoms with E-state index in [1.54, 1.807) is 0 Å². The van der Waals surface area contributed by atoms with Crippen molar-refractivity contribution < 1.29 is 14.1 Å². The fraction of sp³-hybridized carbons (Fsp3) is 0. The molecule has 0 spiro atoms. The van der Waals surface area contributed by atoms with E-state index in [2.05, 4.69) is 19.7 Å². The van der Waals surface area contributed by atoms with Gasteiger partial charge in [0.25, 0.3) is 0 Å². The van der Waals surface area contributed by atoms with Crippen LogP contribution in [0.1, 0.15) is 0 Å². The zero-order valence-electron chi connectivity index (χ0n) is 6.12. The van der Waals surface area contributed by atoms with Crippen LogP contribution in [0, 0.1) is 0 Å². The quantitative estimate of drug-likeness (QED) is 0.401. The van der Waals surface area contributed by atoms with Crippen molar-refractivity contribution in [3.05, 3.63) is 36.3 Å². The Kier molecular flexibility index (Phi) is 434. The smallest absolute Gasteiger partial charge is 0.00296 e. The summed E-state index contributed by atoms with van der Waals surface area (Å²) in [5.74, 6) is 0. The van der Waals surface area contributed by atoms with Gasteiger partial charge in [-0.25, -0.2) is 0 Å². The van der Waals surface area contributed by atoms with Crippen molar-refractivity contribution in [1.29, 1.82) is 0 Å². The summed E-state index contributed by atoms with van der Waals surface area (Å²) in [6.45, 7) is 9.38. The van der Waals surface area contributed by atoms with E-state index in [-0.39, 0.29) is 14.1 Å². The average molecular weight is 244 g/mol. The van der Waals surface area contributed by atoms with E-state index in [9.17, 15) is 0 Å². The second-order valence-corrected chi connectivity index (χ2v) is 1.39. The van der Waals surface area contributed by atoms with Crippen LogP contribution in [-0.2, 0) is 0 Å². The highest BCUT2D eigenvalue weighted by molar-refractivity contribution is 6.25. The lowest BCUT2D eigenvalue weighted by Gasteiger charge is -1.27. The van der Waals surface area contributed by atoms with Crippen LogP contribution in [0.3, 0.4) is 0 Å². The number of hydrogen-bond donors (Lipinski definition) is 0. The van der Waals surface area contributed by atoms with Gasteiger partial charge >= 0.3 is 0 Å². The molecule has 0 N–H and O–H groups in total. The average Bonchev–Trinajstić information content (AvgIpc) is 1.70. The lowest BCUT2D eigenvalue weighted by atomic mass is 11.3. The van der Waals surface area contributed by atoms with Crippen LogP contribution in [0.2, 0.25) is 0 Å². The van der Waals surface area contributed by atoms with Gasteiger partial charge in [-0.15, -0.1) is 0 Å². The standard InChI is InChI=1S/3C2H3Cl.3FH/c3*1-2-3;;;/h3*2H,1H2;3*1H/p-3. The molecule has 6 heteroatoms. The molecule has 0 aromatic rings. The summed E-state index contributed by atoms with van der Waals surface area (Å²) in [7, 11) is 0. The van der Waals surface area contributed by atoms with Gasteiger partial charge < -0.3 is 14.1 Å². The van der Waals surface area contributed by atoms with Crippen LogP contribution >= 0.6 is 34.8 Å². The summed E-state index contributed by atoms with van der Waals surface area (Å²) >= 11 is 14.3. The SMILES string of the molecule is C=CCl.C=CCl.C=CCl.[F-].[F-].[F-]. The highest BCUT2D eigenvalue weighted by Crippen LogP contribution is 1.61. The van der Waals surface area contributed by atoms with Crippen LogP contribution in [0.5, 0.6) is 0 Å². The van der Waals surface area contributed by atoms with Crippen molar-refractivity contribution in [3.63, 3.8) is 0 Å². The molecule has 0 aliphatic carbocycles. The van der Waals surface area contributed by atoms with Crippen LogP contribution in [0.25, 0.3) is 0 Å². The zero-order valence-corrected chi connectivity index (χ0v) is 8.39. The van der Waals surface area contributed by atoms with Gasteiger partial charge in [-0.2, -0.15) is 0 Å². The van der Waals surface area contributed by atoms with Gasteiger partial charge in [-0.05, 0) is 16.6 Å². The highest BCUT2D eigenvalue weighted by atomic mass is 35.5. The summed E-state index contributed by atoms with van der Waals surface area (Å²) in [6.07, 6.45) is 0. The maximum atomic E-state index is 4.76. The second kappa shape index (κ2) is 128. The molecule has 0 unspecified atom stereocenters. The van der Waals surface area contributed by atoms with Gasteiger partial charge in [-0.3, -0.25) is 0 Å². The second-order valence-electron chi connectivity index (χ2n) is 0.463. The summed E-state index contributed by atoms with van der Waals surface area (Å²) < 4.78 is 0. The highest BCUT2D eigenvalue weighted by Gasteiger charge is 1.18. The Morgan fingerprint density at radius 3 is 0.583 bits per heavy atom. The fourth-order valence-electron chi connectivity index (χ4n) is 0. The zero-order chi connectivity index (χ0) is 8.12. The first-order chi connectivity index (χ1) is 4.24. The fourth-order valence-corrected chi connectivity index (χ4v) is 0. The third-order valence-corrected chi connectivity index (χ3v) is 0. The molecule has 0 radical (unpaired) electrons. The monoisotopic (exact) mass is 243 g/mol. The third-order valence-electron chi connectivity index (χ3n) is 0. The van der Waals surface area contributed by atoms with E-state index in [0.717, 1.165) is 0 Å². The molecule has 0 aromatic carbocycles. The van der Waals surface area contributed by atoms with Gasteiger partial charge in [-0.1, -0.05) is 54.5 Å². The molecule has 0 saturated heterocycles. The van der Waals surface area contributed by atoms with Gasteiger partial charge in [0.05, 0.1) is 0 Å². The normalized spacial score (nSPS) is 3.25. The van der Waals surface area contributed by atoms with E-state index < -0.39 is 0 Å². The molecule has 0 amide bonds. The van der Waals surface area contributed by atoms with Crippen molar-refractivity contribution >= 4 is 34.8 Å². The number of hydrogen-bond acceptors (Lipinski definition) is 0. The molecule has 0 nitrogen and oxygen atoms in total. The van der Waals surface area contributed by atoms with Crippen molar-refractivity contribution in [1.82, 2.24) is 0 Å². The maximum absolute atomic E-state index is 4.76. The van der Waals surface area contributed by atoms with Gasteiger partial charge in [0.1, 0.15) is 0 Å². The minimum Gasteiger partial charge on any atom is -1.00 e. The van der Waals surface area contributed by atoms with Crippen LogP contribution < -0.4 is 14.1 Å². The molecular weight excluding hydrogens is 235 g/mol. The Morgan fingerprint density at radius 1 is 0.583 bits per heavy atom. The summed E-state index contributed by atoms with van der Waals surface area (Å²) in [4.78, 5) is 0. The molecule has 0 aromatic heterocycles. The van der Waals surface area contributed by atoms with Gasteiger partial charge in [0.2, 0.25) is 0 Å². The number of halogens is 6. The Morgan fingerprint density at radius 2 is 0.583 bits per heavy atom. The Hall–Kier alpha value is -0.120. The Balaban J connectivity index is -0.00000001000. The molecular formula is C6H9Cl3F3-3. The third kappa shape index (κ3) is 54100. The molecule has 0 heterocycles. The van der Waals surface area contributed by atoms with Crippen LogP contribution in [0.4, 0.5) is 0 Å². The first-order valence-corrected chi connectivity index (χ1v) is 3.19. The van der Waals surface area contributed by atoms with Crippen molar-refractivity contribution in [2.24, 2.45) is 0 Å². The molecule has 0 atom stereocenters. The first kappa shape index (κ1) is 40.7. The van der Waals surface area contributed by atoms with Gasteiger partial charge in [0.15, 0.2) is 0 Å². The first-order valence-electron chi connectivity index (χ1n) is 1.88. The van der Waals surface area contributed by atoms with E-state index in [0.29, 0.717) is 0 Å². The van der Waals surface area contributed by atoms with Crippen molar-refractivity contribution in [2.75, 3.05) is 0 Å². The largest absolute Gasteiger partial charge is 1.00 e. The summed E-state index contributed by atoms with van der Waals surface area (Å²) in [6, 6.07) is 0. The van der Waals surface area contributed by atoms with E-state index in [1.807, 2.05) is 0 Å². The summed E-state index contributed by atoms with van der Waals surface area (Å²) in [5.41, 5.74) is 3.67. The molecule has 0 aliphatic heterocycles. The van der Waals surface area contributed by atoms with Crippen LogP contribution in [0.15, 0.2) is 36.3 Å². The van der Waals surface area contributed by atoms with Crippen LogP contribution in [-0.4, -0.2) is 0 Å². The van der Waals surface area contributed by atoms with Crippen molar-refractivity contribution in [3.8, 4) is 0 Å². The minimum atomic E-state index is 0. The van der Waals surface area contributed by atoms with Gasteiger partial charge in [0, 0.05) is 0 Å². The molecule has 12 heavy (non-hydrogen) atoms. The van der Waals surface area contributed by atoms with E-state index in [1.165, 1.54) is 16.6 Å². The van der Waals surface area contributed by atoms with E-state index >= 15 is 0 Å².